The second kappa shape index (κ2) is 6.89. The van der Waals surface area contributed by atoms with Crippen molar-refractivity contribution in [2.45, 2.75) is 32.4 Å². The summed E-state index contributed by atoms with van der Waals surface area (Å²) in [6.45, 7) is 3.80. The van der Waals surface area contributed by atoms with Crippen LogP contribution in [0, 0.1) is 5.92 Å². The summed E-state index contributed by atoms with van der Waals surface area (Å²) < 4.78 is 0. The lowest BCUT2D eigenvalue weighted by Gasteiger charge is -2.21. The van der Waals surface area contributed by atoms with Crippen molar-refractivity contribution in [3.63, 3.8) is 0 Å². The molecule has 3 atom stereocenters. The zero-order chi connectivity index (χ0) is 14.4. The van der Waals surface area contributed by atoms with E-state index < -0.39 is 24.0 Å². The molecule has 19 heavy (non-hydrogen) atoms. The Bertz CT molecular complexity index is 434. The molecule has 0 fully saturated rings. The molecule has 0 aliphatic heterocycles. The highest BCUT2D eigenvalue weighted by Crippen LogP contribution is 2.14. The topological polar surface area (TPSA) is 92.4 Å². The molecule has 0 aromatic heterocycles. The number of nitrogens with one attached hydrogen (secondary N) is 1. The quantitative estimate of drug-likeness (QED) is 0.722. The lowest BCUT2D eigenvalue weighted by Crippen LogP contribution is -2.47. The van der Waals surface area contributed by atoms with Crippen molar-refractivity contribution in [1.29, 1.82) is 0 Å². The van der Waals surface area contributed by atoms with Crippen LogP contribution in [-0.2, 0) is 9.59 Å². The van der Waals surface area contributed by atoms with Gasteiger partial charge in [-0.2, -0.15) is 0 Å². The summed E-state index contributed by atoms with van der Waals surface area (Å²) in [5.74, 6) is -1.54. The highest BCUT2D eigenvalue weighted by molar-refractivity contribution is 5.87. The number of rotatable bonds is 6. The minimum Gasteiger partial charge on any atom is -0.479 e. The van der Waals surface area contributed by atoms with Crippen LogP contribution >= 0.6 is 0 Å². The molecule has 0 heterocycles. The van der Waals surface area contributed by atoms with Gasteiger partial charge in [0.05, 0.1) is 6.04 Å². The molecule has 104 valence electrons. The summed E-state index contributed by atoms with van der Waals surface area (Å²) in [6, 6.07) is 6.80. The predicted molar refractivity (Wildman–Crippen MR) is 72.4 cm³/mol. The van der Waals surface area contributed by atoms with Crippen LogP contribution < -0.4 is 11.1 Å². The monoisotopic (exact) mass is 264 g/mol. The van der Waals surface area contributed by atoms with E-state index >= 15 is 0 Å². The fourth-order valence-corrected chi connectivity index (χ4v) is 1.68. The molecule has 0 radical (unpaired) electrons. The first-order valence-electron chi connectivity index (χ1n) is 6.31. The summed E-state index contributed by atoms with van der Waals surface area (Å²) in [5, 5.41) is 11.7. The van der Waals surface area contributed by atoms with Crippen LogP contribution in [-0.4, -0.2) is 23.0 Å². The first kappa shape index (κ1) is 15.2. The van der Waals surface area contributed by atoms with E-state index in [2.05, 4.69) is 5.32 Å². The third kappa shape index (κ3) is 4.06. The van der Waals surface area contributed by atoms with Crippen LogP contribution in [0.15, 0.2) is 30.3 Å². The Balaban J connectivity index is 2.81. The van der Waals surface area contributed by atoms with Crippen molar-refractivity contribution in [3.8, 4) is 0 Å². The molecule has 1 rings (SSSR count). The lowest BCUT2D eigenvalue weighted by atomic mass is 9.98. The van der Waals surface area contributed by atoms with Gasteiger partial charge in [0.2, 0.25) is 5.91 Å². The van der Waals surface area contributed by atoms with Gasteiger partial charge < -0.3 is 16.2 Å². The molecule has 5 nitrogen and oxygen atoms in total. The molecule has 5 heteroatoms. The Kier molecular flexibility index (Phi) is 5.51. The van der Waals surface area contributed by atoms with Crippen molar-refractivity contribution in [2.24, 2.45) is 11.7 Å². The van der Waals surface area contributed by atoms with Crippen molar-refractivity contribution >= 4 is 11.9 Å². The van der Waals surface area contributed by atoms with Crippen LogP contribution in [0.5, 0.6) is 0 Å². The minimum absolute atomic E-state index is 0.00483. The fourth-order valence-electron chi connectivity index (χ4n) is 1.68. The molecule has 0 saturated heterocycles. The molecule has 0 bridgehead atoms. The Morgan fingerprint density at radius 1 is 1.32 bits per heavy atom. The van der Waals surface area contributed by atoms with Gasteiger partial charge in [-0.3, -0.25) is 4.79 Å². The van der Waals surface area contributed by atoms with E-state index in [9.17, 15) is 14.7 Å². The van der Waals surface area contributed by atoms with Crippen LogP contribution in [0.1, 0.15) is 31.9 Å². The second-order valence-corrected chi connectivity index (χ2v) is 4.60. The molecule has 0 spiro atoms. The molecule has 1 aromatic rings. The minimum atomic E-state index is -1.10. The van der Waals surface area contributed by atoms with Gasteiger partial charge in [-0.05, 0) is 11.5 Å². The van der Waals surface area contributed by atoms with Crippen LogP contribution in [0.4, 0.5) is 0 Å². The molecule has 0 aliphatic rings. The summed E-state index contributed by atoms with van der Waals surface area (Å²) in [4.78, 5) is 23.2. The Hall–Kier alpha value is -1.88. The van der Waals surface area contributed by atoms with Gasteiger partial charge in [0.1, 0.15) is 0 Å². The zero-order valence-electron chi connectivity index (χ0n) is 11.2. The van der Waals surface area contributed by atoms with Gasteiger partial charge in [0, 0.05) is 0 Å². The van der Waals surface area contributed by atoms with Gasteiger partial charge in [-0.1, -0.05) is 50.6 Å². The SMILES string of the molecule is CCC(C)C(N)C(=O)N[C@@H](C(=O)O)c1ccccc1. The van der Waals surface area contributed by atoms with E-state index in [4.69, 9.17) is 5.73 Å². The van der Waals surface area contributed by atoms with Crippen LogP contribution in [0.3, 0.4) is 0 Å². The smallest absolute Gasteiger partial charge is 0.330 e. The highest BCUT2D eigenvalue weighted by Gasteiger charge is 2.26. The normalized spacial score (nSPS) is 15.3. The number of amides is 1. The van der Waals surface area contributed by atoms with Gasteiger partial charge in [0.15, 0.2) is 6.04 Å². The van der Waals surface area contributed by atoms with Gasteiger partial charge >= 0.3 is 5.97 Å². The number of carbonyl (C=O) groups is 2. The molecule has 4 N–H and O–H groups in total. The second-order valence-electron chi connectivity index (χ2n) is 4.60. The first-order valence-corrected chi connectivity index (χ1v) is 6.31. The molecule has 1 aromatic carbocycles. The largest absolute Gasteiger partial charge is 0.479 e. The van der Waals surface area contributed by atoms with Gasteiger partial charge in [0.25, 0.3) is 0 Å². The average molecular weight is 264 g/mol. The van der Waals surface area contributed by atoms with E-state index in [1.165, 1.54) is 0 Å². The van der Waals surface area contributed by atoms with Crippen LogP contribution in [0.25, 0.3) is 0 Å². The third-order valence-corrected chi connectivity index (χ3v) is 3.23. The van der Waals surface area contributed by atoms with Crippen molar-refractivity contribution < 1.29 is 14.7 Å². The van der Waals surface area contributed by atoms with E-state index in [0.29, 0.717) is 5.56 Å². The number of nitrogens with two attached hydrogens (primary N) is 1. The van der Waals surface area contributed by atoms with Crippen molar-refractivity contribution in [2.75, 3.05) is 0 Å². The van der Waals surface area contributed by atoms with Gasteiger partial charge in [-0.15, -0.1) is 0 Å². The maximum Gasteiger partial charge on any atom is 0.330 e. The zero-order valence-corrected chi connectivity index (χ0v) is 11.2. The lowest BCUT2D eigenvalue weighted by molar-refractivity contribution is -0.142. The average Bonchev–Trinajstić information content (AvgIpc) is 2.43. The Morgan fingerprint density at radius 3 is 2.37 bits per heavy atom. The molecule has 0 aliphatic carbocycles. The van der Waals surface area contributed by atoms with E-state index in [1.807, 2.05) is 13.8 Å². The standard InChI is InChI=1S/C14H20N2O3/c1-3-9(2)11(15)13(17)16-12(14(18)19)10-7-5-4-6-8-10/h4-9,11-12H,3,15H2,1-2H3,(H,16,17)(H,18,19)/t9?,11?,12-/m1/s1. The van der Waals surface area contributed by atoms with Crippen molar-refractivity contribution in [1.82, 2.24) is 5.32 Å². The maximum atomic E-state index is 11.9. The number of hydrogen-bond donors (Lipinski definition) is 3. The number of carbonyl (C=O) groups excluding carboxylic acids is 1. The highest BCUT2D eigenvalue weighted by atomic mass is 16.4. The van der Waals surface area contributed by atoms with E-state index in [0.717, 1.165) is 6.42 Å². The number of benzene rings is 1. The molecular formula is C14H20N2O3. The van der Waals surface area contributed by atoms with Crippen molar-refractivity contribution in [3.05, 3.63) is 35.9 Å². The summed E-state index contributed by atoms with van der Waals surface area (Å²) in [5.41, 5.74) is 6.32. The molecular weight excluding hydrogens is 244 g/mol. The van der Waals surface area contributed by atoms with Crippen LogP contribution in [0.2, 0.25) is 0 Å². The Labute approximate surface area is 112 Å². The molecule has 1 amide bonds. The maximum absolute atomic E-state index is 11.9. The summed E-state index contributed by atoms with van der Waals surface area (Å²) in [7, 11) is 0. The molecule has 2 unspecified atom stereocenters. The number of hydrogen-bond acceptors (Lipinski definition) is 3. The first-order chi connectivity index (χ1) is 8.97. The summed E-state index contributed by atoms with van der Waals surface area (Å²) >= 11 is 0. The third-order valence-electron chi connectivity index (χ3n) is 3.23. The fraction of sp³-hybridized carbons (Fsp3) is 0.429. The van der Waals surface area contributed by atoms with E-state index in [1.54, 1.807) is 30.3 Å². The summed E-state index contributed by atoms with van der Waals surface area (Å²) in [6.07, 6.45) is 0.762. The number of carboxylic acid groups (broad SMARTS) is 1. The predicted octanol–water partition coefficient (Wildman–Crippen LogP) is 1.30. The van der Waals surface area contributed by atoms with Gasteiger partial charge in [-0.25, -0.2) is 4.79 Å². The number of carboxylic acids is 1. The molecule has 0 saturated carbocycles. The number of aliphatic carboxylic acids is 1. The Morgan fingerprint density at radius 2 is 1.89 bits per heavy atom. The van der Waals surface area contributed by atoms with E-state index in [-0.39, 0.29) is 5.92 Å².